The van der Waals surface area contributed by atoms with Crippen molar-refractivity contribution in [1.82, 2.24) is 0 Å². The topological polar surface area (TPSA) is 52.9 Å². The molecule has 0 saturated heterocycles. The van der Waals surface area contributed by atoms with Gasteiger partial charge in [0.05, 0.1) is 11.6 Å². The first-order valence-corrected chi connectivity index (χ1v) is 5.98. The van der Waals surface area contributed by atoms with Crippen molar-refractivity contribution >= 4 is 11.5 Å². The van der Waals surface area contributed by atoms with E-state index in [1.54, 1.807) is 25.1 Å². The molecule has 3 heteroatoms. The Bertz CT molecular complexity index is 432. The van der Waals surface area contributed by atoms with E-state index in [2.05, 4.69) is 18.3 Å². The molecule has 90 valence electrons. The second-order valence-electron chi connectivity index (χ2n) is 4.06. The monoisotopic (exact) mass is 230 g/mol. The summed E-state index contributed by atoms with van der Waals surface area (Å²) in [5.41, 5.74) is 2.00. The number of carbonyl (C=O) groups excluding carboxylic acids is 1. The van der Waals surface area contributed by atoms with Crippen LogP contribution in [0.5, 0.6) is 0 Å². The number of nitrogens with zero attached hydrogens (tertiary/aromatic N) is 1. The Hall–Kier alpha value is -1.82. The molecule has 0 aliphatic heterocycles. The van der Waals surface area contributed by atoms with Crippen molar-refractivity contribution in [2.24, 2.45) is 0 Å². The van der Waals surface area contributed by atoms with E-state index in [1.807, 2.05) is 0 Å². The molecule has 1 aromatic carbocycles. The Morgan fingerprint density at radius 3 is 2.76 bits per heavy atom. The Kier molecular flexibility index (Phi) is 5.22. The first kappa shape index (κ1) is 13.2. The summed E-state index contributed by atoms with van der Waals surface area (Å²) in [4.78, 5) is 11.4. The molecular formula is C14H18N2O. The minimum atomic E-state index is 0.0208. The van der Waals surface area contributed by atoms with E-state index in [-0.39, 0.29) is 5.78 Å². The number of benzene rings is 1. The van der Waals surface area contributed by atoms with Crippen LogP contribution in [0.3, 0.4) is 0 Å². The number of carbonyl (C=O) groups is 1. The lowest BCUT2D eigenvalue weighted by molar-refractivity contribution is 0.101. The van der Waals surface area contributed by atoms with Gasteiger partial charge in [-0.1, -0.05) is 19.8 Å². The van der Waals surface area contributed by atoms with Crippen LogP contribution in [0.15, 0.2) is 18.2 Å². The molecule has 0 aliphatic carbocycles. The average Bonchev–Trinajstić information content (AvgIpc) is 2.34. The fourth-order valence-electron chi connectivity index (χ4n) is 1.67. The number of nitrogens with one attached hydrogen (secondary N) is 1. The van der Waals surface area contributed by atoms with Gasteiger partial charge in [0.25, 0.3) is 0 Å². The number of hydrogen-bond donors (Lipinski definition) is 1. The van der Waals surface area contributed by atoms with Crippen molar-refractivity contribution in [2.45, 2.75) is 33.1 Å². The molecule has 0 amide bonds. The van der Waals surface area contributed by atoms with E-state index in [9.17, 15) is 4.79 Å². The number of hydrogen-bond acceptors (Lipinski definition) is 3. The molecule has 0 fully saturated rings. The summed E-state index contributed by atoms with van der Waals surface area (Å²) in [5, 5.41) is 12.1. The second kappa shape index (κ2) is 6.70. The maximum Gasteiger partial charge on any atom is 0.161 e. The molecule has 0 atom stereocenters. The number of Topliss-reactive ketones (excluding diaryl/α,β-unsaturated/α-hetero) is 1. The van der Waals surface area contributed by atoms with E-state index in [0.717, 1.165) is 18.7 Å². The van der Waals surface area contributed by atoms with Gasteiger partial charge in [0, 0.05) is 17.8 Å². The smallest absolute Gasteiger partial charge is 0.161 e. The molecule has 0 aromatic heterocycles. The molecule has 0 bridgehead atoms. The molecule has 0 spiro atoms. The zero-order chi connectivity index (χ0) is 12.7. The fourth-order valence-corrected chi connectivity index (χ4v) is 1.67. The summed E-state index contributed by atoms with van der Waals surface area (Å²) in [6.07, 6.45) is 3.41. The molecular weight excluding hydrogens is 212 g/mol. The van der Waals surface area contributed by atoms with Gasteiger partial charge >= 0.3 is 0 Å². The van der Waals surface area contributed by atoms with Crippen molar-refractivity contribution in [1.29, 1.82) is 5.26 Å². The van der Waals surface area contributed by atoms with Gasteiger partial charge in [-0.15, -0.1) is 0 Å². The molecule has 1 aromatic rings. The minimum absolute atomic E-state index is 0.0208. The SMILES string of the molecule is CCCCCNc1cc(C#N)ccc1C(C)=O. The standard InChI is InChI=1S/C14H18N2O/c1-3-4-5-8-16-14-9-12(10-15)6-7-13(14)11(2)17/h6-7,9,16H,3-5,8H2,1-2H3. The van der Waals surface area contributed by atoms with Crippen LogP contribution in [0, 0.1) is 11.3 Å². The van der Waals surface area contributed by atoms with Gasteiger partial charge in [0.2, 0.25) is 0 Å². The van der Waals surface area contributed by atoms with Gasteiger partial charge in [-0.25, -0.2) is 0 Å². The zero-order valence-electron chi connectivity index (χ0n) is 10.4. The van der Waals surface area contributed by atoms with Crippen LogP contribution in [-0.2, 0) is 0 Å². The van der Waals surface area contributed by atoms with Crippen LogP contribution in [0.2, 0.25) is 0 Å². The van der Waals surface area contributed by atoms with Gasteiger partial charge in [-0.2, -0.15) is 5.26 Å². The molecule has 0 saturated carbocycles. The summed E-state index contributed by atoms with van der Waals surface area (Å²) in [7, 11) is 0. The van der Waals surface area contributed by atoms with E-state index >= 15 is 0 Å². The highest BCUT2D eigenvalue weighted by molar-refractivity contribution is 5.99. The molecule has 0 unspecified atom stereocenters. The summed E-state index contributed by atoms with van der Waals surface area (Å²) in [6.45, 7) is 4.53. The zero-order valence-corrected chi connectivity index (χ0v) is 10.4. The number of anilines is 1. The first-order valence-electron chi connectivity index (χ1n) is 5.98. The molecule has 1 N–H and O–H groups in total. The van der Waals surface area contributed by atoms with Gasteiger partial charge in [-0.3, -0.25) is 4.79 Å². The molecule has 17 heavy (non-hydrogen) atoms. The Balaban J connectivity index is 2.79. The van der Waals surface area contributed by atoms with E-state index in [4.69, 9.17) is 5.26 Å². The highest BCUT2D eigenvalue weighted by Gasteiger charge is 2.07. The fraction of sp³-hybridized carbons (Fsp3) is 0.429. The lowest BCUT2D eigenvalue weighted by Crippen LogP contribution is -2.06. The Labute approximate surface area is 102 Å². The van der Waals surface area contributed by atoms with Crippen LogP contribution in [0.1, 0.15) is 49.0 Å². The number of ketones is 1. The van der Waals surface area contributed by atoms with E-state index in [1.165, 1.54) is 12.8 Å². The number of nitriles is 1. The lowest BCUT2D eigenvalue weighted by Gasteiger charge is -2.10. The third-order valence-electron chi connectivity index (χ3n) is 2.62. The van der Waals surface area contributed by atoms with Crippen LogP contribution in [0.25, 0.3) is 0 Å². The molecule has 0 aliphatic rings. The predicted molar refractivity (Wildman–Crippen MR) is 69.2 cm³/mol. The third-order valence-corrected chi connectivity index (χ3v) is 2.62. The van der Waals surface area contributed by atoms with Crippen LogP contribution >= 0.6 is 0 Å². The van der Waals surface area contributed by atoms with Crippen molar-refractivity contribution in [3.05, 3.63) is 29.3 Å². The summed E-state index contributed by atoms with van der Waals surface area (Å²) in [5.74, 6) is 0.0208. The molecule has 0 radical (unpaired) electrons. The van der Waals surface area contributed by atoms with Gasteiger partial charge in [0.15, 0.2) is 5.78 Å². The van der Waals surface area contributed by atoms with Crippen molar-refractivity contribution in [3.8, 4) is 6.07 Å². The maximum absolute atomic E-state index is 11.4. The normalized spacial score (nSPS) is 9.71. The number of rotatable bonds is 6. The van der Waals surface area contributed by atoms with E-state index in [0.29, 0.717) is 11.1 Å². The summed E-state index contributed by atoms with van der Waals surface area (Å²) >= 11 is 0. The van der Waals surface area contributed by atoms with Gasteiger partial charge in [-0.05, 0) is 31.5 Å². The summed E-state index contributed by atoms with van der Waals surface area (Å²) in [6, 6.07) is 7.21. The minimum Gasteiger partial charge on any atom is -0.384 e. The highest BCUT2D eigenvalue weighted by Crippen LogP contribution is 2.18. The van der Waals surface area contributed by atoms with Crippen molar-refractivity contribution in [3.63, 3.8) is 0 Å². The van der Waals surface area contributed by atoms with Gasteiger partial charge < -0.3 is 5.32 Å². The summed E-state index contributed by atoms with van der Waals surface area (Å²) < 4.78 is 0. The Morgan fingerprint density at radius 2 is 2.18 bits per heavy atom. The van der Waals surface area contributed by atoms with Crippen molar-refractivity contribution < 1.29 is 4.79 Å². The lowest BCUT2D eigenvalue weighted by atomic mass is 10.1. The second-order valence-corrected chi connectivity index (χ2v) is 4.06. The van der Waals surface area contributed by atoms with Crippen LogP contribution in [0.4, 0.5) is 5.69 Å². The van der Waals surface area contributed by atoms with Gasteiger partial charge in [0.1, 0.15) is 0 Å². The Morgan fingerprint density at radius 1 is 1.41 bits per heavy atom. The first-order chi connectivity index (χ1) is 8.19. The number of unbranched alkanes of at least 4 members (excludes halogenated alkanes) is 2. The largest absolute Gasteiger partial charge is 0.384 e. The highest BCUT2D eigenvalue weighted by atomic mass is 16.1. The molecule has 1 rings (SSSR count). The molecule has 0 heterocycles. The average molecular weight is 230 g/mol. The van der Waals surface area contributed by atoms with E-state index < -0.39 is 0 Å². The van der Waals surface area contributed by atoms with Crippen molar-refractivity contribution in [2.75, 3.05) is 11.9 Å². The predicted octanol–water partition coefficient (Wildman–Crippen LogP) is 3.36. The maximum atomic E-state index is 11.4. The third kappa shape index (κ3) is 3.92. The quantitative estimate of drug-likeness (QED) is 0.602. The molecule has 3 nitrogen and oxygen atoms in total. The van der Waals surface area contributed by atoms with Crippen LogP contribution < -0.4 is 5.32 Å². The van der Waals surface area contributed by atoms with Crippen LogP contribution in [-0.4, -0.2) is 12.3 Å².